The summed E-state index contributed by atoms with van der Waals surface area (Å²) in [4.78, 5) is 118. The molecule has 0 saturated carbocycles. The van der Waals surface area contributed by atoms with E-state index in [0.29, 0.717) is 219 Å². The Labute approximate surface area is 846 Å². The second kappa shape index (κ2) is 45.7. The van der Waals surface area contributed by atoms with Crippen LogP contribution in [0.3, 0.4) is 0 Å². The number of benzene rings is 6. The van der Waals surface area contributed by atoms with E-state index in [2.05, 4.69) is 97.7 Å². The molecule has 0 bridgehead atoms. The quantitative estimate of drug-likeness (QED) is 0.0186. The lowest BCUT2D eigenvalue weighted by Crippen LogP contribution is -2.30. The average molecular weight is 2010 g/mol. The lowest BCUT2D eigenvalue weighted by atomic mass is 10.1. The number of amides is 4. The Balaban J connectivity index is 0.000000129. The van der Waals surface area contributed by atoms with Gasteiger partial charge in [0.2, 0.25) is 47.3 Å². The van der Waals surface area contributed by atoms with Gasteiger partial charge in [-0.3, -0.25) is 24.2 Å². The third-order valence-electron chi connectivity index (χ3n) is 24.6. The lowest BCUT2D eigenvalue weighted by Gasteiger charge is -2.23. The van der Waals surface area contributed by atoms with E-state index in [9.17, 15) is 19.2 Å². The number of aryl methyl sites for hydroxylation is 2. The predicted molar refractivity (Wildman–Crippen MR) is 560 cm³/mol. The van der Waals surface area contributed by atoms with Crippen LogP contribution in [0.4, 0.5) is 52.4 Å². The van der Waals surface area contributed by atoms with E-state index in [4.69, 9.17) is 97.7 Å². The van der Waals surface area contributed by atoms with Crippen LogP contribution in [0.2, 0.25) is 5.02 Å². The third kappa shape index (κ3) is 22.9. The van der Waals surface area contributed by atoms with Gasteiger partial charge in [0.05, 0.1) is 124 Å². The summed E-state index contributed by atoms with van der Waals surface area (Å²) in [6.07, 6.45) is 17.7. The van der Waals surface area contributed by atoms with Gasteiger partial charge in [0.1, 0.15) is 75.0 Å². The van der Waals surface area contributed by atoms with Gasteiger partial charge in [-0.05, 0) is 139 Å². The van der Waals surface area contributed by atoms with Crippen molar-refractivity contribution in [3.05, 3.63) is 203 Å². The number of halogens is 1. The number of oxazole rings is 2. The summed E-state index contributed by atoms with van der Waals surface area (Å²) in [5.74, 6) is 5.86. The number of nitrogens with one attached hydrogen (secondary N) is 13. The first kappa shape index (κ1) is 100. The smallest absolute Gasteiger partial charge is 0.251 e. The summed E-state index contributed by atoms with van der Waals surface area (Å²) in [6.45, 7) is 9.36. The molecule has 21 rings (SSSR count). The second-order valence-corrected chi connectivity index (χ2v) is 34.8. The van der Waals surface area contributed by atoms with Gasteiger partial charge >= 0.3 is 0 Å². The largest absolute Gasteiger partial charge is 0.495 e. The minimum absolute atomic E-state index is 0.0198. The fraction of sp³-hybridized carbons (Fsp3) is 0.288. The van der Waals surface area contributed by atoms with Gasteiger partial charge in [-0.1, -0.05) is 29.8 Å². The van der Waals surface area contributed by atoms with Gasteiger partial charge in [-0.15, -0.1) is 0 Å². The van der Waals surface area contributed by atoms with Crippen LogP contribution >= 0.6 is 11.6 Å². The summed E-state index contributed by atoms with van der Waals surface area (Å²) >= 11 is 6.46. The van der Waals surface area contributed by atoms with Crippen molar-refractivity contribution in [2.24, 2.45) is 4.99 Å². The topological polar surface area (TPSA) is 516 Å². The number of nitrogens with zero attached hydrogens (tertiary/aromatic N) is 13. The number of carbonyl (C=O) groups is 4. The summed E-state index contributed by atoms with van der Waals surface area (Å²) in [5.41, 5.74) is 17.3. The number of hydrogen-bond donors (Lipinski definition) is 13. The fourth-order valence-corrected chi connectivity index (χ4v) is 17.3. The molecule has 758 valence electrons. The fourth-order valence-electron chi connectivity index (χ4n) is 17.1. The van der Waals surface area contributed by atoms with Crippen LogP contribution in [0.15, 0.2) is 172 Å². The Morgan fingerprint density at radius 2 is 0.789 bits per heavy atom. The van der Waals surface area contributed by atoms with Crippen molar-refractivity contribution in [1.29, 1.82) is 0 Å². The monoisotopic (exact) mass is 2010 g/mol. The van der Waals surface area contributed by atoms with E-state index < -0.39 is 0 Å². The summed E-state index contributed by atoms with van der Waals surface area (Å²) in [6, 6.07) is 36.1. The average Bonchev–Trinajstić information content (AvgIpc) is 1.63. The second-order valence-electron chi connectivity index (χ2n) is 34.4. The van der Waals surface area contributed by atoms with Gasteiger partial charge in [0, 0.05) is 182 Å². The molecule has 0 radical (unpaired) electrons. The van der Waals surface area contributed by atoms with Crippen molar-refractivity contribution in [3.8, 4) is 74.1 Å². The maximum atomic E-state index is 12.6. The van der Waals surface area contributed by atoms with E-state index in [1.807, 2.05) is 125 Å². The molecule has 3 saturated heterocycles. The first-order valence-corrected chi connectivity index (χ1v) is 47.9. The zero-order valence-electron chi connectivity index (χ0n) is 82.7. The third-order valence-corrected chi connectivity index (χ3v) is 24.9. The minimum atomic E-state index is -0.221. The van der Waals surface area contributed by atoms with Crippen LogP contribution in [-0.2, 0) is 14.2 Å². The van der Waals surface area contributed by atoms with E-state index >= 15 is 0 Å². The molecule has 3 fully saturated rings. The Bertz CT molecular complexity index is 7770. The van der Waals surface area contributed by atoms with Gasteiger partial charge in [0.15, 0.2) is 22.9 Å². The number of anilines is 9. The van der Waals surface area contributed by atoms with E-state index in [1.165, 1.54) is 7.11 Å². The maximum absolute atomic E-state index is 12.6. The Morgan fingerprint density at radius 3 is 1.16 bits per heavy atom. The highest BCUT2D eigenvalue weighted by Crippen LogP contribution is 2.44. The molecule has 17 aromatic rings. The molecule has 4 aliphatic heterocycles. The number of methoxy groups -OCH3 is 4. The molecule has 0 spiro atoms. The van der Waals surface area contributed by atoms with Crippen LogP contribution in [0.25, 0.3) is 105 Å². The van der Waals surface area contributed by atoms with Gasteiger partial charge in [-0.2, -0.15) is 39.9 Å². The van der Waals surface area contributed by atoms with Crippen LogP contribution in [-0.4, -0.2) is 253 Å². The number of pyridine rings is 1. The van der Waals surface area contributed by atoms with Gasteiger partial charge < -0.3 is 129 Å². The molecule has 43 heteroatoms. The maximum Gasteiger partial charge on any atom is 0.251 e. The number of aromatic nitrogens is 15. The Morgan fingerprint density at radius 1 is 0.415 bits per heavy atom. The van der Waals surface area contributed by atoms with Crippen LogP contribution in [0.5, 0.6) is 40.8 Å². The molecular formula is C104H109ClN26O16. The highest BCUT2D eigenvalue weighted by Gasteiger charge is 2.30. The molecule has 13 N–H and O–H groups in total. The van der Waals surface area contributed by atoms with Crippen LogP contribution < -0.4 is 85.9 Å². The predicted octanol–water partition coefficient (Wildman–Crippen LogP) is 16.0. The Hall–Kier alpha value is -17.1. The molecule has 42 nitrogen and oxygen atoms in total. The van der Waals surface area contributed by atoms with Crippen molar-refractivity contribution in [2.75, 3.05) is 156 Å². The number of aliphatic imine (C=N–C) groups is 1. The molecule has 4 amide bonds. The summed E-state index contributed by atoms with van der Waals surface area (Å²) in [7, 11) is 16.7. The highest BCUT2D eigenvalue weighted by atomic mass is 35.5. The number of rotatable bonds is 30. The molecule has 6 aromatic carbocycles. The number of fused-ring (bicyclic) bond motifs is 6. The lowest BCUT2D eigenvalue weighted by molar-refractivity contribution is 0.0242. The van der Waals surface area contributed by atoms with Crippen LogP contribution in [0.1, 0.15) is 97.3 Å². The molecule has 4 aliphatic rings. The number of hydrogen-bond acceptors (Lipinski definition) is 34. The van der Waals surface area contributed by atoms with Gasteiger partial charge in [-0.25, -0.2) is 15.0 Å². The van der Waals surface area contributed by atoms with Crippen molar-refractivity contribution < 1.29 is 75.4 Å². The molecule has 0 atom stereocenters. The first-order chi connectivity index (χ1) is 71.6. The number of carbonyl (C=O) groups excluding carboxylic acids is 4. The molecule has 147 heavy (non-hydrogen) atoms. The molecular weight excluding hydrogens is 1900 g/mol. The van der Waals surface area contributed by atoms with Crippen LogP contribution in [0, 0.1) is 13.8 Å². The number of H-pyrrole nitrogens is 4. The normalized spacial score (nSPS) is 13.7. The first-order valence-electron chi connectivity index (χ1n) is 47.5. The minimum Gasteiger partial charge on any atom is -0.495 e. The zero-order chi connectivity index (χ0) is 102. The van der Waals surface area contributed by atoms with E-state index in [0.717, 1.165) is 121 Å². The SMILES string of the molecule is CNC(=O)c1ccc(Nc2nc(OC)c3c(C4=CCN=C4)c[nH]c3n2)c(OC)c1.CNC(=O)c1ccc(Nc2nc(OC3CCOCC3)c3c(-c4ccc5nc(C)oc5c4)c[nH]c3n2)c(Cl)c1.CNC(=O)c1ccc(Nc2nc(OC3CCOCC3)c3c(-c4ccnc(N(C)C)c4)c[nH]c3n2)c(OC)c1.CNCCNC(=O)c1ccc(Nc2nc(OC3CCOCC3)c3c(-c4ccc5nc(C)oc5c4)c[nH]c3n2)c(OC)c1. The molecule has 15 heterocycles. The number of ether oxygens (including phenoxy) is 10. The Kier molecular flexibility index (Phi) is 31.1. The standard InChI is InChI=1S/C30H33N7O5.C27H25ClN6O4.C27H31N7O4.C20H20N6O3/c1-17-34-23-6-4-18(14-25(23)41-17)21-16-33-27-26(21)29(42-20-8-12-40-13-9-20)37-30(36-27)35-22-7-5-19(15-24(22)39-3)28(38)32-11-10-31-2;1-14-31-21-6-3-15(12-22(21)37-14)18-13-30-24-23(18)26(38-17-7-9-36-10-8-17)34-27(33-24)32-20-5-4-16(11-19(20)28)25(35)29-2;1-28-25(35)17-5-6-20(21(13-17)36-4)31-27-32-24-23(26(33-27)38-18-8-11-37-12-9-18)19(15-30-24)16-7-10-29-22(14-16)34(2)3;1-21-18(27)11-4-5-14(15(8-11)28-2)24-20-25-17-16(19(26-20)29-3)13(10-23-17)12-6-7-22-9-12/h4-7,14-16,20,31H,8-13H2,1-3H3,(H,32,38)(H2,33,35,36,37);3-6,11-13,17H,7-10H2,1-2H3,(H,29,35)(H2,30,32,33,34);5-7,10,13-15,18H,8-9,11-12H2,1-4H3,(H,28,35)(H2,30,31,32,33);4-6,8-10H,7H2,1-3H3,(H,21,27)(H2,23,24,25,26). The zero-order valence-corrected chi connectivity index (χ0v) is 83.4. The van der Waals surface area contributed by atoms with Crippen molar-refractivity contribution in [3.63, 3.8) is 0 Å². The molecule has 0 unspecified atom stereocenters. The van der Waals surface area contributed by atoms with Crippen molar-refractivity contribution >= 4 is 166 Å². The number of likely N-dealkylation sites (N-methyl/N-ethyl adjacent to an activating group) is 1. The van der Waals surface area contributed by atoms with Crippen molar-refractivity contribution in [1.82, 2.24) is 101 Å². The summed E-state index contributed by atoms with van der Waals surface area (Å²) in [5, 5.41) is 29.9. The molecule has 0 aliphatic carbocycles. The summed E-state index contributed by atoms with van der Waals surface area (Å²) < 4.78 is 69.5. The molecule has 11 aromatic heterocycles. The van der Waals surface area contributed by atoms with E-state index in [-0.39, 0.29) is 41.9 Å². The number of aromatic amines is 4. The highest BCUT2D eigenvalue weighted by molar-refractivity contribution is 6.33. The van der Waals surface area contributed by atoms with Crippen molar-refractivity contribution in [2.45, 2.75) is 70.7 Å². The number of allylic oxidation sites excluding steroid dienone is 1. The van der Waals surface area contributed by atoms with E-state index in [1.54, 1.807) is 121 Å². The van der Waals surface area contributed by atoms with Gasteiger partial charge in [0.25, 0.3) is 23.6 Å².